The van der Waals surface area contributed by atoms with Crippen LogP contribution in [0.3, 0.4) is 0 Å². The van der Waals surface area contributed by atoms with Gasteiger partial charge in [-0.15, -0.1) is 11.3 Å². The largest absolute Gasteiger partial charge is 0.497 e. The summed E-state index contributed by atoms with van der Waals surface area (Å²) in [4.78, 5) is 1.19. The van der Waals surface area contributed by atoms with Crippen LogP contribution in [0.2, 0.25) is 0 Å². The van der Waals surface area contributed by atoms with Crippen LogP contribution in [0.15, 0.2) is 48.5 Å². The van der Waals surface area contributed by atoms with E-state index in [9.17, 15) is 0 Å². The van der Waals surface area contributed by atoms with E-state index < -0.39 is 0 Å². The third-order valence-corrected chi connectivity index (χ3v) is 4.55. The smallest absolute Gasteiger partial charge is 0.145 e. The Morgan fingerprint density at radius 3 is 2.48 bits per heavy atom. The highest BCUT2D eigenvalue weighted by Gasteiger charge is 2.14. The predicted octanol–water partition coefficient (Wildman–Crippen LogP) is 5.37. The van der Waals surface area contributed by atoms with Crippen molar-refractivity contribution >= 4 is 21.4 Å². The number of thiophene rings is 1. The molecular formula is C18H18O2S. The van der Waals surface area contributed by atoms with Crippen LogP contribution >= 0.6 is 11.3 Å². The summed E-state index contributed by atoms with van der Waals surface area (Å²) < 4.78 is 12.5. The standard InChI is InChI=1S/C18H18O2S/c1-3-12-20-17-15-6-4-5-7-16(15)21-18(17)13-8-10-14(19-2)11-9-13/h4-11H,3,12H2,1-2H3. The lowest BCUT2D eigenvalue weighted by Gasteiger charge is -2.07. The van der Waals surface area contributed by atoms with Gasteiger partial charge in [-0.1, -0.05) is 19.1 Å². The number of ether oxygens (including phenoxy) is 2. The summed E-state index contributed by atoms with van der Waals surface area (Å²) in [7, 11) is 1.68. The van der Waals surface area contributed by atoms with Gasteiger partial charge in [-0.3, -0.25) is 0 Å². The predicted molar refractivity (Wildman–Crippen MR) is 89.6 cm³/mol. The van der Waals surface area contributed by atoms with Crippen molar-refractivity contribution in [2.45, 2.75) is 13.3 Å². The van der Waals surface area contributed by atoms with Crippen molar-refractivity contribution in [3.63, 3.8) is 0 Å². The Hall–Kier alpha value is -2.00. The molecule has 0 radical (unpaired) electrons. The molecule has 0 amide bonds. The summed E-state index contributed by atoms with van der Waals surface area (Å²) >= 11 is 1.78. The first-order chi connectivity index (χ1) is 10.3. The fourth-order valence-electron chi connectivity index (χ4n) is 2.30. The van der Waals surface area contributed by atoms with Gasteiger partial charge in [0.2, 0.25) is 0 Å². The lowest BCUT2D eigenvalue weighted by Crippen LogP contribution is -1.95. The number of fused-ring (bicyclic) bond motifs is 1. The van der Waals surface area contributed by atoms with E-state index in [0.717, 1.165) is 24.5 Å². The summed E-state index contributed by atoms with van der Waals surface area (Å²) in [6.07, 6.45) is 1.01. The zero-order valence-corrected chi connectivity index (χ0v) is 13.1. The molecule has 0 bridgehead atoms. The van der Waals surface area contributed by atoms with Crippen LogP contribution in [-0.2, 0) is 0 Å². The molecule has 0 atom stereocenters. The number of rotatable bonds is 5. The number of hydrogen-bond acceptors (Lipinski definition) is 3. The average molecular weight is 298 g/mol. The highest BCUT2D eigenvalue weighted by molar-refractivity contribution is 7.22. The molecule has 0 unspecified atom stereocenters. The molecule has 0 saturated carbocycles. The Morgan fingerprint density at radius 1 is 1.00 bits per heavy atom. The summed E-state index contributed by atoms with van der Waals surface area (Å²) in [6.45, 7) is 2.87. The van der Waals surface area contributed by atoms with E-state index in [1.165, 1.54) is 20.5 Å². The van der Waals surface area contributed by atoms with E-state index in [0.29, 0.717) is 0 Å². The SMILES string of the molecule is CCCOc1c(-c2ccc(OC)cc2)sc2ccccc12. The van der Waals surface area contributed by atoms with Crippen LogP contribution in [0.1, 0.15) is 13.3 Å². The quantitative estimate of drug-likeness (QED) is 0.631. The first-order valence-corrected chi connectivity index (χ1v) is 7.94. The molecular weight excluding hydrogens is 280 g/mol. The van der Waals surface area contributed by atoms with Crippen molar-refractivity contribution in [1.82, 2.24) is 0 Å². The molecule has 0 N–H and O–H groups in total. The number of hydrogen-bond donors (Lipinski definition) is 0. The highest BCUT2D eigenvalue weighted by Crippen LogP contribution is 2.44. The summed E-state index contributed by atoms with van der Waals surface area (Å²) in [6, 6.07) is 16.6. The molecule has 0 aliphatic rings. The van der Waals surface area contributed by atoms with Gasteiger partial charge in [-0.05, 0) is 48.4 Å². The minimum atomic E-state index is 0.740. The van der Waals surface area contributed by atoms with Gasteiger partial charge in [0.05, 0.1) is 18.6 Å². The number of methoxy groups -OCH3 is 1. The van der Waals surface area contributed by atoms with Crippen molar-refractivity contribution in [1.29, 1.82) is 0 Å². The molecule has 2 aromatic carbocycles. The fraction of sp³-hybridized carbons (Fsp3) is 0.222. The molecule has 3 rings (SSSR count). The summed E-state index contributed by atoms with van der Waals surface area (Å²) in [5.41, 5.74) is 1.17. The van der Waals surface area contributed by atoms with Gasteiger partial charge >= 0.3 is 0 Å². The first kappa shape index (κ1) is 14.0. The summed E-state index contributed by atoms with van der Waals surface area (Å²) in [5, 5.41) is 1.20. The molecule has 0 aliphatic heterocycles. The molecule has 2 nitrogen and oxygen atoms in total. The van der Waals surface area contributed by atoms with Crippen LogP contribution in [0.25, 0.3) is 20.5 Å². The third-order valence-electron chi connectivity index (χ3n) is 3.35. The maximum atomic E-state index is 6.03. The van der Waals surface area contributed by atoms with Crippen molar-refractivity contribution in [3.05, 3.63) is 48.5 Å². The molecule has 1 aromatic heterocycles. The maximum absolute atomic E-state index is 6.03. The molecule has 21 heavy (non-hydrogen) atoms. The van der Waals surface area contributed by atoms with Crippen LogP contribution in [0, 0.1) is 0 Å². The van der Waals surface area contributed by atoms with Crippen molar-refractivity contribution < 1.29 is 9.47 Å². The molecule has 3 heteroatoms. The van der Waals surface area contributed by atoms with E-state index >= 15 is 0 Å². The molecule has 3 aromatic rings. The second-order valence-corrected chi connectivity index (χ2v) is 5.89. The molecule has 1 heterocycles. The minimum Gasteiger partial charge on any atom is -0.497 e. The fourth-order valence-corrected chi connectivity index (χ4v) is 3.45. The van der Waals surface area contributed by atoms with Gasteiger partial charge in [0, 0.05) is 10.1 Å². The Morgan fingerprint density at radius 2 is 1.76 bits per heavy atom. The second-order valence-electron chi connectivity index (χ2n) is 4.83. The third kappa shape index (κ3) is 2.74. The zero-order valence-electron chi connectivity index (χ0n) is 12.3. The zero-order chi connectivity index (χ0) is 14.7. The number of benzene rings is 2. The minimum absolute atomic E-state index is 0.740. The molecule has 0 saturated heterocycles. The van der Waals surface area contributed by atoms with Gasteiger partial charge < -0.3 is 9.47 Å². The molecule has 0 aliphatic carbocycles. The van der Waals surface area contributed by atoms with E-state index in [2.05, 4.69) is 43.3 Å². The Bertz CT molecular complexity index is 729. The van der Waals surface area contributed by atoms with Crippen molar-refractivity contribution in [3.8, 4) is 21.9 Å². The van der Waals surface area contributed by atoms with Crippen molar-refractivity contribution in [2.24, 2.45) is 0 Å². The van der Waals surface area contributed by atoms with Crippen LogP contribution < -0.4 is 9.47 Å². The Labute approximate surface area is 128 Å². The average Bonchev–Trinajstić information content (AvgIpc) is 2.91. The monoisotopic (exact) mass is 298 g/mol. The van der Waals surface area contributed by atoms with E-state index in [4.69, 9.17) is 9.47 Å². The lowest BCUT2D eigenvalue weighted by molar-refractivity contribution is 0.323. The molecule has 0 fully saturated rings. The second kappa shape index (κ2) is 6.19. The van der Waals surface area contributed by atoms with E-state index in [-0.39, 0.29) is 0 Å². The van der Waals surface area contributed by atoms with Crippen LogP contribution in [0.5, 0.6) is 11.5 Å². The Balaban J connectivity index is 2.10. The maximum Gasteiger partial charge on any atom is 0.145 e. The topological polar surface area (TPSA) is 18.5 Å². The van der Waals surface area contributed by atoms with Crippen LogP contribution in [0.4, 0.5) is 0 Å². The van der Waals surface area contributed by atoms with Gasteiger partial charge in [0.15, 0.2) is 0 Å². The lowest BCUT2D eigenvalue weighted by atomic mass is 10.1. The highest BCUT2D eigenvalue weighted by atomic mass is 32.1. The van der Waals surface area contributed by atoms with Gasteiger partial charge in [0.1, 0.15) is 11.5 Å². The van der Waals surface area contributed by atoms with Crippen molar-refractivity contribution in [2.75, 3.05) is 13.7 Å². The van der Waals surface area contributed by atoms with Gasteiger partial charge in [0.25, 0.3) is 0 Å². The normalized spacial score (nSPS) is 10.8. The summed E-state index contributed by atoms with van der Waals surface area (Å²) in [5.74, 6) is 1.87. The van der Waals surface area contributed by atoms with Gasteiger partial charge in [-0.25, -0.2) is 0 Å². The van der Waals surface area contributed by atoms with Crippen LogP contribution in [-0.4, -0.2) is 13.7 Å². The molecule has 0 spiro atoms. The Kier molecular flexibility index (Phi) is 4.11. The van der Waals surface area contributed by atoms with Gasteiger partial charge in [-0.2, -0.15) is 0 Å². The van der Waals surface area contributed by atoms with E-state index in [1.54, 1.807) is 18.4 Å². The first-order valence-electron chi connectivity index (χ1n) is 7.12. The van der Waals surface area contributed by atoms with E-state index in [1.807, 2.05) is 12.1 Å². The molecule has 108 valence electrons.